The van der Waals surface area contributed by atoms with Crippen LogP contribution in [0, 0.1) is 13.8 Å². The summed E-state index contributed by atoms with van der Waals surface area (Å²) in [7, 11) is 1.74. The van der Waals surface area contributed by atoms with Crippen molar-refractivity contribution in [3.05, 3.63) is 52.8 Å². The number of carbonyl (C=O) groups excluding carboxylic acids is 1. The number of amides is 1. The summed E-state index contributed by atoms with van der Waals surface area (Å²) in [4.78, 5) is 17.8. The maximum absolute atomic E-state index is 13.3. The van der Waals surface area contributed by atoms with Gasteiger partial charge in [-0.25, -0.2) is 0 Å². The number of hydrogen-bond donors (Lipinski definition) is 0. The van der Waals surface area contributed by atoms with Crippen LogP contribution in [0.25, 0.3) is 0 Å². The van der Waals surface area contributed by atoms with Crippen molar-refractivity contribution in [2.75, 3.05) is 39.9 Å². The number of nitrogens with zero attached hydrogens (tertiary/aromatic N) is 4. The normalized spacial score (nSPS) is 17.9. The van der Waals surface area contributed by atoms with Crippen molar-refractivity contribution in [3.63, 3.8) is 0 Å². The van der Waals surface area contributed by atoms with Crippen LogP contribution in [-0.4, -0.2) is 71.4 Å². The molecule has 1 aromatic heterocycles. The van der Waals surface area contributed by atoms with Gasteiger partial charge in [0.05, 0.1) is 24.4 Å². The molecule has 1 aromatic carbocycles. The molecule has 152 valence electrons. The highest BCUT2D eigenvalue weighted by atomic mass is 16.5. The summed E-state index contributed by atoms with van der Waals surface area (Å²) in [5.41, 5.74) is 3.70. The zero-order chi connectivity index (χ0) is 20.1. The molecule has 1 fully saturated rings. The SMILES string of the molecule is CCC1CN(C(=O)c2c(C)nn(Cc3ccccc3)c2C)CCN1CCOC. The maximum atomic E-state index is 13.3. The van der Waals surface area contributed by atoms with Gasteiger partial charge in [0.15, 0.2) is 0 Å². The highest BCUT2D eigenvalue weighted by molar-refractivity contribution is 5.96. The zero-order valence-corrected chi connectivity index (χ0v) is 17.5. The standard InChI is InChI=1S/C22H32N4O2/c1-5-20-16-25(12-11-24(20)13-14-28-4)22(27)21-17(2)23-26(18(21)3)15-19-9-7-6-8-10-19/h6-10,20H,5,11-16H2,1-4H3. The highest BCUT2D eigenvalue weighted by Gasteiger charge is 2.31. The molecule has 0 saturated carbocycles. The largest absolute Gasteiger partial charge is 0.383 e. The zero-order valence-electron chi connectivity index (χ0n) is 17.5. The topological polar surface area (TPSA) is 50.6 Å². The summed E-state index contributed by atoms with van der Waals surface area (Å²) in [5.74, 6) is 0.110. The molecule has 0 bridgehead atoms. The van der Waals surface area contributed by atoms with Crippen LogP contribution in [-0.2, 0) is 11.3 Å². The van der Waals surface area contributed by atoms with Crippen LogP contribution in [0.15, 0.2) is 30.3 Å². The molecule has 3 rings (SSSR count). The third-order valence-corrected chi connectivity index (χ3v) is 5.72. The molecule has 0 radical (unpaired) electrons. The van der Waals surface area contributed by atoms with Crippen LogP contribution in [0.3, 0.4) is 0 Å². The lowest BCUT2D eigenvalue weighted by Crippen LogP contribution is -2.55. The summed E-state index contributed by atoms with van der Waals surface area (Å²) in [6, 6.07) is 10.6. The molecule has 1 aliphatic rings. The predicted molar refractivity (Wildman–Crippen MR) is 111 cm³/mol. The Labute approximate surface area is 168 Å². The number of methoxy groups -OCH3 is 1. The molecule has 0 aliphatic carbocycles. The second kappa shape index (κ2) is 9.34. The van der Waals surface area contributed by atoms with Crippen LogP contribution in [0.1, 0.15) is 40.7 Å². The monoisotopic (exact) mass is 384 g/mol. The molecular weight excluding hydrogens is 352 g/mol. The fourth-order valence-electron chi connectivity index (χ4n) is 4.04. The second-order valence-corrected chi connectivity index (χ2v) is 7.53. The Morgan fingerprint density at radius 1 is 1.21 bits per heavy atom. The number of benzene rings is 1. The minimum absolute atomic E-state index is 0.110. The van der Waals surface area contributed by atoms with Gasteiger partial charge in [0.2, 0.25) is 0 Å². The van der Waals surface area contributed by atoms with E-state index < -0.39 is 0 Å². The van der Waals surface area contributed by atoms with Crippen LogP contribution in [0.5, 0.6) is 0 Å². The third kappa shape index (κ3) is 4.45. The van der Waals surface area contributed by atoms with Crippen LogP contribution < -0.4 is 0 Å². The number of ether oxygens (including phenoxy) is 1. The van der Waals surface area contributed by atoms with Crippen LogP contribution in [0.2, 0.25) is 0 Å². The smallest absolute Gasteiger partial charge is 0.257 e. The molecule has 0 N–H and O–H groups in total. The van der Waals surface area contributed by atoms with Gasteiger partial charge in [-0.05, 0) is 25.8 Å². The number of aromatic nitrogens is 2. The van der Waals surface area contributed by atoms with E-state index in [-0.39, 0.29) is 5.91 Å². The number of carbonyl (C=O) groups is 1. The summed E-state index contributed by atoms with van der Waals surface area (Å²) in [6.45, 7) is 10.9. The second-order valence-electron chi connectivity index (χ2n) is 7.53. The van der Waals surface area contributed by atoms with E-state index in [1.807, 2.05) is 41.6 Å². The van der Waals surface area contributed by atoms with Gasteiger partial charge in [-0.1, -0.05) is 37.3 Å². The first-order valence-electron chi connectivity index (χ1n) is 10.1. The van der Waals surface area contributed by atoms with Gasteiger partial charge < -0.3 is 9.64 Å². The lowest BCUT2D eigenvalue weighted by atomic mass is 10.1. The van der Waals surface area contributed by atoms with Crippen molar-refractivity contribution >= 4 is 5.91 Å². The van der Waals surface area contributed by atoms with Crippen molar-refractivity contribution in [3.8, 4) is 0 Å². The summed E-state index contributed by atoms with van der Waals surface area (Å²) < 4.78 is 7.18. The van der Waals surface area contributed by atoms with Crippen molar-refractivity contribution in [1.29, 1.82) is 0 Å². The van der Waals surface area contributed by atoms with E-state index in [4.69, 9.17) is 4.74 Å². The van der Waals surface area contributed by atoms with Crippen molar-refractivity contribution < 1.29 is 9.53 Å². The van der Waals surface area contributed by atoms with Crippen molar-refractivity contribution in [2.24, 2.45) is 0 Å². The van der Waals surface area contributed by atoms with Crippen molar-refractivity contribution in [1.82, 2.24) is 19.6 Å². The Bertz CT molecular complexity index is 787. The Hall–Kier alpha value is -2.18. The first-order valence-corrected chi connectivity index (χ1v) is 10.1. The molecule has 6 nitrogen and oxygen atoms in total. The Balaban J connectivity index is 1.74. The van der Waals surface area contributed by atoms with E-state index in [1.165, 1.54) is 5.56 Å². The average molecular weight is 385 g/mol. The van der Waals surface area contributed by atoms with Crippen molar-refractivity contribution in [2.45, 2.75) is 39.8 Å². The molecule has 6 heteroatoms. The summed E-state index contributed by atoms with van der Waals surface area (Å²) in [5, 5.41) is 4.66. The lowest BCUT2D eigenvalue weighted by molar-refractivity contribution is 0.0383. The predicted octanol–water partition coefficient (Wildman–Crippen LogP) is 2.73. The maximum Gasteiger partial charge on any atom is 0.257 e. The number of hydrogen-bond acceptors (Lipinski definition) is 4. The van der Waals surface area contributed by atoms with Crippen LogP contribution in [0.4, 0.5) is 0 Å². The summed E-state index contributed by atoms with van der Waals surface area (Å²) in [6.07, 6.45) is 1.03. The quantitative estimate of drug-likeness (QED) is 0.737. The molecule has 1 amide bonds. The molecule has 1 unspecified atom stereocenters. The third-order valence-electron chi connectivity index (χ3n) is 5.72. The first kappa shape index (κ1) is 20.6. The van der Waals surface area contributed by atoms with Gasteiger partial charge in [0.25, 0.3) is 5.91 Å². The average Bonchev–Trinajstić information content (AvgIpc) is 2.99. The molecule has 1 saturated heterocycles. The van der Waals surface area contributed by atoms with E-state index in [0.717, 1.165) is 56.2 Å². The molecule has 2 heterocycles. The molecule has 1 atom stereocenters. The van der Waals surface area contributed by atoms with Gasteiger partial charge in [-0.15, -0.1) is 0 Å². The van der Waals surface area contributed by atoms with Crippen LogP contribution >= 0.6 is 0 Å². The van der Waals surface area contributed by atoms with Gasteiger partial charge in [-0.3, -0.25) is 14.4 Å². The summed E-state index contributed by atoms with van der Waals surface area (Å²) >= 11 is 0. The minimum atomic E-state index is 0.110. The van der Waals surface area contributed by atoms with Gasteiger partial charge in [0, 0.05) is 45.0 Å². The van der Waals surface area contributed by atoms with E-state index in [0.29, 0.717) is 12.6 Å². The van der Waals surface area contributed by atoms with E-state index in [9.17, 15) is 4.79 Å². The van der Waals surface area contributed by atoms with E-state index >= 15 is 0 Å². The Morgan fingerprint density at radius 3 is 2.64 bits per heavy atom. The Kier molecular flexibility index (Phi) is 6.86. The number of rotatable bonds is 7. The fourth-order valence-corrected chi connectivity index (χ4v) is 4.04. The molecular formula is C22H32N4O2. The highest BCUT2D eigenvalue weighted by Crippen LogP contribution is 2.20. The minimum Gasteiger partial charge on any atom is -0.383 e. The lowest BCUT2D eigenvalue weighted by Gasteiger charge is -2.41. The molecule has 1 aliphatic heterocycles. The first-order chi connectivity index (χ1) is 13.5. The molecule has 2 aromatic rings. The van der Waals surface area contributed by atoms with Gasteiger partial charge in [-0.2, -0.15) is 5.10 Å². The van der Waals surface area contributed by atoms with E-state index in [1.54, 1.807) is 7.11 Å². The van der Waals surface area contributed by atoms with E-state index in [2.05, 4.69) is 29.1 Å². The number of aryl methyl sites for hydroxylation is 1. The van der Waals surface area contributed by atoms with Gasteiger partial charge in [0.1, 0.15) is 0 Å². The fraction of sp³-hybridized carbons (Fsp3) is 0.545. The Morgan fingerprint density at radius 2 is 1.96 bits per heavy atom. The molecule has 28 heavy (non-hydrogen) atoms. The number of piperazine rings is 1. The van der Waals surface area contributed by atoms with Gasteiger partial charge >= 0.3 is 0 Å². The molecule has 0 spiro atoms.